The smallest absolute Gasteiger partial charge is 0.371 e. The van der Waals surface area contributed by atoms with Crippen molar-refractivity contribution in [1.82, 2.24) is 0 Å². The summed E-state index contributed by atoms with van der Waals surface area (Å²) in [6.07, 6.45) is 1.34. The molecule has 0 unspecified atom stereocenters. The van der Waals surface area contributed by atoms with Gasteiger partial charge in [-0.05, 0) is 81.6 Å². The number of hydrogen-bond acceptors (Lipinski definition) is 4. The summed E-state index contributed by atoms with van der Waals surface area (Å²) < 4.78 is 11.6. The molecule has 4 nitrogen and oxygen atoms in total. The van der Waals surface area contributed by atoms with Crippen molar-refractivity contribution in [2.75, 3.05) is 13.2 Å². The third-order valence-corrected chi connectivity index (χ3v) is 11.7. The molecule has 0 atom stereocenters. The fraction of sp³-hybridized carbons (Fsp3) is 0.188. The van der Waals surface area contributed by atoms with Gasteiger partial charge in [-0.2, -0.15) is 0 Å². The summed E-state index contributed by atoms with van der Waals surface area (Å²) in [6, 6.07) is 28.6. The Morgan fingerprint density at radius 2 is 1.00 bits per heavy atom. The van der Waals surface area contributed by atoms with E-state index in [4.69, 9.17) is 9.47 Å². The van der Waals surface area contributed by atoms with Gasteiger partial charge >= 0.3 is 8.07 Å². The predicted octanol–water partition coefficient (Wildman–Crippen LogP) is 5.87. The lowest BCUT2D eigenvalue weighted by Gasteiger charge is -2.31. The minimum atomic E-state index is -3.91. The average Bonchev–Trinajstić information content (AvgIpc) is 3.49. The van der Waals surface area contributed by atoms with Crippen LogP contribution >= 0.6 is 0 Å². The predicted molar refractivity (Wildman–Crippen MR) is 148 cm³/mol. The molecule has 0 saturated carbocycles. The van der Waals surface area contributed by atoms with Crippen molar-refractivity contribution >= 4 is 29.6 Å². The van der Waals surface area contributed by atoms with E-state index in [0.29, 0.717) is 12.8 Å². The van der Waals surface area contributed by atoms with Crippen LogP contribution < -0.4 is 10.4 Å². The zero-order valence-corrected chi connectivity index (χ0v) is 22.0. The lowest BCUT2D eigenvalue weighted by atomic mass is 10.1. The number of ether oxygens (including phenoxy) is 2. The number of carbonyl (C=O) groups is 2. The van der Waals surface area contributed by atoms with E-state index in [1.807, 2.05) is 48.5 Å². The van der Waals surface area contributed by atoms with Crippen LogP contribution in [-0.2, 0) is 22.3 Å². The quantitative estimate of drug-likeness (QED) is 0.266. The third-order valence-electron chi connectivity index (χ3n) is 7.67. The standard InChI is InChI=1S/C32H28O4Si/c1-3-35-31(33)37(32(34)36-4-2,29-17-9-15-25-23-13-7-5-11-21(23)19-27(25)29)30-18-10-16-26-24-14-8-6-12-22(24)20-28(26)30/h5-18H,3-4,19-20H2,1-2H3. The molecule has 0 spiro atoms. The molecule has 2 aliphatic carbocycles. The summed E-state index contributed by atoms with van der Waals surface area (Å²) in [5.74, 6) is 0. The highest BCUT2D eigenvalue weighted by molar-refractivity contribution is 7.37. The Balaban J connectivity index is 1.67. The lowest BCUT2D eigenvalue weighted by Crippen LogP contribution is -2.72. The summed E-state index contributed by atoms with van der Waals surface area (Å²) in [5.41, 5.74) is 8.02. The van der Waals surface area contributed by atoms with Gasteiger partial charge in [0.05, 0.1) is 13.2 Å². The Hall–Kier alpha value is -3.96. The zero-order valence-electron chi connectivity index (χ0n) is 21.0. The van der Waals surface area contributed by atoms with E-state index in [1.165, 1.54) is 11.1 Å². The van der Waals surface area contributed by atoms with Crippen molar-refractivity contribution in [3.8, 4) is 22.3 Å². The molecule has 6 rings (SSSR count). The van der Waals surface area contributed by atoms with Gasteiger partial charge in [0, 0.05) is 0 Å². The molecule has 0 amide bonds. The first-order valence-electron chi connectivity index (χ1n) is 12.9. The van der Waals surface area contributed by atoms with E-state index in [-0.39, 0.29) is 13.2 Å². The van der Waals surface area contributed by atoms with Crippen molar-refractivity contribution < 1.29 is 19.1 Å². The van der Waals surface area contributed by atoms with Gasteiger partial charge in [0.1, 0.15) is 0 Å². The lowest BCUT2D eigenvalue weighted by molar-refractivity contribution is 0.168. The van der Waals surface area contributed by atoms with E-state index in [0.717, 1.165) is 43.8 Å². The first kappa shape index (κ1) is 23.4. The van der Waals surface area contributed by atoms with Gasteiger partial charge in [0.2, 0.25) is 0 Å². The van der Waals surface area contributed by atoms with Crippen molar-refractivity contribution in [2.45, 2.75) is 26.7 Å². The minimum Gasteiger partial charge on any atom is -0.469 e. The average molecular weight is 505 g/mol. The minimum absolute atomic E-state index is 0.192. The van der Waals surface area contributed by atoms with Crippen LogP contribution in [0.15, 0.2) is 84.9 Å². The maximum atomic E-state index is 14.3. The number of fused-ring (bicyclic) bond motifs is 6. The van der Waals surface area contributed by atoms with Gasteiger partial charge in [0.15, 0.2) is 0 Å². The highest BCUT2D eigenvalue weighted by Gasteiger charge is 2.59. The molecule has 0 N–H and O–H groups in total. The topological polar surface area (TPSA) is 52.6 Å². The van der Waals surface area contributed by atoms with Crippen LogP contribution in [0.5, 0.6) is 0 Å². The van der Waals surface area contributed by atoms with E-state index in [2.05, 4.69) is 36.4 Å². The summed E-state index contributed by atoms with van der Waals surface area (Å²) in [7, 11) is -3.91. The Kier molecular flexibility index (Phi) is 5.80. The van der Waals surface area contributed by atoms with Crippen molar-refractivity contribution in [2.24, 2.45) is 0 Å². The second-order valence-electron chi connectivity index (χ2n) is 9.52. The van der Waals surface area contributed by atoms with Crippen LogP contribution in [0.25, 0.3) is 22.3 Å². The van der Waals surface area contributed by atoms with Crippen LogP contribution in [-0.4, -0.2) is 32.5 Å². The number of carbonyl (C=O) groups excluding carboxylic acids is 2. The molecule has 0 saturated heterocycles. The molecule has 184 valence electrons. The molecule has 37 heavy (non-hydrogen) atoms. The maximum absolute atomic E-state index is 14.3. The van der Waals surface area contributed by atoms with Gasteiger partial charge in [-0.3, -0.25) is 9.59 Å². The first-order chi connectivity index (χ1) is 18.1. The molecule has 0 aliphatic heterocycles. The van der Waals surface area contributed by atoms with E-state index < -0.39 is 19.3 Å². The summed E-state index contributed by atoms with van der Waals surface area (Å²) >= 11 is 0. The molecule has 0 radical (unpaired) electrons. The molecule has 0 bridgehead atoms. The second kappa shape index (κ2) is 9.16. The number of benzene rings is 4. The summed E-state index contributed by atoms with van der Waals surface area (Å²) in [4.78, 5) is 28.5. The van der Waals surface area contributed by atoms with Gasteiger partial charge in [-0.15, -0.1) is 0 Å². The molecule has 4 aromatic carbocycles. The zero-order chi connectivity index (χ0) is 25.6. The highest BCUT2D eigenvalue weighted by Crippen LogP contribution is 2.39. The van der Waals surface area contributed by atoms with E-state index >= 15 is 0 Å². The van der Waals surface area contributed by atoms with Crippen molar-refractivity contribution in [3.05, 3.63) is 107 Å². The largest absolute Gasteiger partial charge is 0.469 e. The fourth-order valence-electron chi connectivity index (χ4n) is 6.16. The Bertz CT molecular complexity index is 1440. The molecular weight excluding hydrogens is 476 g/mol. The molecule has 0 aromatic heterocycles. The van der Waals surface area contributed by atoms with Gasteiger partial charge in [-0.25, -0.2) is 0 Å². The Labute approximate surface area is 217 Å². The van der Waals surface area contributed by atoms with Gasteiger partial charge < -0.3 is 9.47 Å². The number of hydrogen-bond donors (Lipinski definition) is 0. The summed E-state index contributed by atoms with van der Waals surface area (Å²) in [6.45, 7) is 3.96. The van der Waals surface area contributed by atoms with Crippen LogP contribution in [0.4, 0.5) is 9.59 Å². The van der Waals surface area contributed by atoms with Crippen LogP contribution in [0, 0.1) is 0 Å². The van der Waals surface area contributed by atoms with Crippen molar-refractivity contribution in [3.63, 3.8) is 0 Å². The Morgan fingerprint density at radius 1 is 0.595 bits per heavy atom. The fourth-order valence-corrected chi connectivity index (χ4v) is 10.3. The summed E-state index contributed by atoms with van der Waals surface area (Å²) in [5, 5.41) is 1.56. The number of rotatable bonds is 6. The maximum Gasteiger partial charge on any atom is 0.371 e. The van der Waals surface area contributed by atoms with Crippen LogP contribution in [0.3, 0.4) is 0 Å². The first-order valence-corrected chi connectivity index (χ1v) is 14.9. The molecular formula is C32H28O4Si. The Morgan fingerprint density at radius 3 is 1.43 bits per heavy atom. The highest BCUT2D eigenvalue weighted by atomic mass is 28.3. The van der Waals surface area contributed by atoms with Gasteiger partial charge in [0.25, 0.3) is 11.2 Å². The molecule has 0 fully saturated rings. The van der Waals surface area contributed by atoms with Crippen LogP contribution in [0.1, 0.15) is 36.1 Å². The monoisotopic (exact) mass is 504 g/mol. The van der Waals surface area contributed by atoms with Crippen molar-refractivity contribution in [1.29, 1.82) is 0 Å². The molecule has 4 aromatic rings. The molecule has 0 heterocycles. The van der Waals surface area contributed by atoms with Crippen LogP contribution in [0.2, 0.25) is 0 Å². The molecule has 5 heteroatoms. The third kappa shape index (κ3) is 3.41. The SMILES string of the molecule is CCOC(=O)[Si](C(=O)OCC)(c1cccc2c1Cc1ccccc1-2)c1cccc2c1Cc1ccccc1-2. The second-order valence-corrected chi connectivity index (χ2v) is 12.9. The normalized spacial score (nSPS) is 12.8. The van der Waals surface area contributed by atoms with Gasteiger partial charge in [-0.1, -0.05) is 84.9 Å². The molecule has 2 aliphatic rings. The van der Waals surface area contributed by atoms with E-state index in [9.17, 15) is 9.59 Å². The van der Waals surface area contributed by atoms with E-state index in [1.54, 1.807) is 13.8 Å².